The van der Waals surface area contributed by atoms with Crippen LogP contribution in [-0.4, -0.2) is 16.4 Å². The molecule has 0 saturated carbocycles. The van der Waals surface area contributed by atoms with Gasteiger partial charge >= 0.3 is 0 Å². The molecule has 1 N–H and O–H groups in total. The Balaban J connectivity index is 2.21. The topological polar surface area (TPSA) is 42.5 Å². The molecule has 0 bridgehead atoms. The standard InChI is InChI=1S/C12H11N3O/c1-13-9-4-5-15-10(7-9)8-14-12(15)11-3-2-6-16-11/h2-8,13H,1H3. The van der Waals surface area contributed by atoms with Crippen molar-refractivity contribution in [2.75, 3.05) is 12.4 Å². The molecule has 0 aromatic carbocycles. The zero-order chi connectivity index (χ0) is 11.0. The van der Waals surface area contributed by atoms with Crippen LogP contribution in [0.3, 0.4) is 0 Å². The van der Waals surface area contributed by atoms with Crippen molar-refractivity contribution < 1.29 is 4.42 Å². The summed E-state index contributed by atoms with van der Waals surface area (Å²) in [4.78, 5) is 4.35. The molecule has 80 valence electrons. The predicted molar refractivity (Wildman–Crippen MR) is 62.4 cm³/mol. The molecule has 0 aliphatic heterocycles. The summed E-state index contributed by atoms with van der Waals surface area (Å²) in [5.41, 5.74) is 2.11. The van der Waals surface area contributed by atoms with Gasteiger partial charge in [-0.1, -0.05) is 0 Å². The van der Waals surface area contributed by atoms with E-state index in [2.05, 4.69) is 10.3 Å². The van der Waals surface area contributed by atoms with Crippen molar-refractivity contribution in [3.63, 3.8) is 0 Å². The molecule has 0 spiro atoms. The molecule has 0 radical (unpaired) electrons. The Kier molecular flexibility index (Phi) is 1.93. The number of pyridine rings is 1. The zero-order valence-electron chi connectivity index (χ0n) is 8.84. The van der Waals surface area contributed by atoms with Gasteiger partial charge in [0.25, 0.3) is 0 Å². The summed E-state index contributed by atoms with van der Waals surface area (Å²) in [7, 11) is 1.90. The van der Waals surface area contributed by atoms with Crippen LogP contribution in [0.2, 0.25) is 0 Å². The number of furan rings is 1. The van der Waals surface area contributed by atoms with E-state index in [-0.39, 0.29) is 0 Å². The zero-order valence-corrected chi connectivity index (χ0v) is 8.84. The molecule has 16 heavy (non-hydrogen) atoms. The first kappa shape index (κ1) is 9.03. The number of nitrogens with one attached hydrogen (secondary N) is 1. The van der Waals surface area contributed by atoms with Crippen LogP contribution in [0, 0.1) is 0 Å². The number of fused-ring (bicyclic) bond motifs is 1. The van der Waals surface area contributed by atoms with Crippen molar-refractivity contribution in [1.29, 1.82) is 0 Å². The summed E-state index contributed by atoms with van der Waals surface area (Å²) in [5, 5.41) is 3.10. The van der Waals surface area contributed by atoms with Crippen molar-refractivity contribution in [3.8, 4) is 11.6 Å². The average molecular weight is 213 g/mol. The molecule has 0 aliphatic rings. The first-order valence-electron chi connectivity index (χ1n) is 5.07. The molecule has 0 saturated heterocycles. The molecule has 0 unspecified atom stereocenters. The molecule has 0 atom stereocenters. The highest BCUT2D eigenvalue weighted by atomic mass is 16.3. The van der Waals surface area contributed by atoms with E-state index in [0.29, 0.717) is 0 Å². The fraction of sp³-hybridized carbons (Fsp3) is 0.0833. The van der Waals surface area contributed by atoms with Crippen LogP contribution >= 0.6 is 0 Å². The van der Waals surface area contributed by atoms with Crippen LogP contribution in [0.1, 0.15) is 0 Å². The van der Waals surface area contributed by atoms with Crippen molar-refractivity contribution in [2.24, 2.45) is 0 Å². The number of hydrogen-bond donors (Lipinski definition) is 1. The average Bonchev–Trinajstić information content (AvgIpc) is 2.96. The van der Waals surface area contributed by atoms with E-state index in [0.717, 1.165) is 22.8 Å². The Hall–Kier alpha value is -2.23. The molecule has 0 fully saturated rings. The number of nitrogens with zero attached hydrogens (tertiary/aromatic N) is 2. The number of aromatic nitrogens is 2. The Bertz CT molecular complexity index is 610. The van der Waals surface area contributed by atoms with Gasteiger partial charge in [-0.25, -0.2) is 4.98 Å². The second kappa shape index (κ2) is 3.41. The summed E-state index contributed by atoms with van der Waals surface area (Å²) in [6.07, 6.45) is 5.46. The normalized spacial score (nSPS) is 10.8. The number of hydrogen-bond acceptors (Lipinski definition) is 3. The minimum Gasteiger partial charge on any atom is -0.461 e. The lowest BCUT2D eigenvalue weighted by molar-refractivity contribution is 0.577. The van der Waals surface area contributed by atoms with E-state index < -0.39 is 0 Å². The molecule has 3 aromatic heterocycles. The van der Waals surface area contributed by atoms with Gasteiger partial charge in [-0.2, -0.15) is 0 Å². The maximum atomic E-state index is 5.34. The molecule has 0 amide bonds. The third kappa shape index (κ3) is 1.27. The molecular formula is C12H11N3O. The maximum absolute atomic E-state index is 5.34. The van der Waals surface area contributed by atoms with Crippen molar-refractivity contribution in [2.45, 2.75) is 0 Å². The van der Waals surface area contributed by atoms with Gasteiger partial charge in [0.2, 0.25) is 0 Å². The maximum Gasteiger partial charge on any atom is 0.180 e. The molecule has 3 heterocycles. The van der Waals surface area contributed by atoms with E-state index in [1.54, 1.807) is 6.26 Å². The van der Waals surface area contributed by atoms with Crippen LogP contribution in [0.4, 0.5) is 5.69 Å². The van der Waals surface area contributed by atoms with Gasteiger partial charge < -0.3 is 9.73 Å². The van der Waals surface area contributed by atoms with E-state index in [1.807, 2.05) is 48.1 Å². The first-order valence-corrected chi connectivity index (χ1v) is 5.07. The van der Waals surface area contributed by atoms with Gasteiger partial charge in [0, 0.05) is 18.9 Å². The Labute approximate surface area is 92.5 Å². The van der Waals surface area contributed by atoms with Crippen LogP contribution in [0.25, 0.3) is 17.1 Å². The third-order valence-corrected chi connectivity index (χ3v) is 2.56. The second-order valence-electron chi connectivity index (χ2n) is 3.52. The van der Waals surface area contributed by atoms with Crippen molar-refractivity contribution >= 4 is 11.2 Å². The minimum absolute atomic E-state index is 0.775. The van der Waals surface area contributed by atoms with Crippen LogP contribution in [0.15, 0.2) is 47.3 Å². The quantitative estimate of drug-likeness (QED) is 0.711. The summed E-state index contributed by atoms with van der Waals surface area (Å²) in [5.74, 6) is 1.60. The van der Waals surface area contributed by atoms with Gasteiger partial charge in [0.05, 0.1) is 18.0 Å². The summed E-state index contributed by atoms with van der Waals surface area (Å²) in [6, 6.07) is 7.81. The molecular weight excluding hydrogens is 202 g/mol. The Morgan fingerprint density at radius 3 is 3.06 bits per heavy atom. The van der Waals surface area contributed by atoms with Gasteiger partial charge in [-0.05, 0) is 24.3 Å². The molecule has 3 rings (SSSR count). The fourth-order valence-corrected chi connectivity index (χ4v) is 1.74. The molecule has 4 heteroatoms. The lowest BCUT2D eigenvalue weighted by Crippen LogP contribution is -1.91. The molecule has 3 aromatic rings. The van der Waals surface area contributed by atoms with Gasteiger partial charge in [-0.3, -0.25) is 4.40 Å². The smallest absolute Gasteiger partial charge is 0.180 e. The Morgan fingerprint density at radius 2 is 2.31 bits per heavy atom. The van der Waals surface area contributed by atoms with Gasteiger partial charge in [-0.15, -0.1) is 0 Å². The highest BCUT2D eigenvalue weighted by Gasteiger charge is 2.08. The summed E-state index contributed by atoms with van der Waals surface area (Å²) in [6.45, 7) is 0. The second-order valence-corrected chi connectivity index (χ2v) is 3.52. The number of anilines is 1. The molecule has 0 aliphatic carbocycles. The van der Waals surface area contributed by atoms with Crippen LogP contribution in [0.5, 0.6) is 0 Å². The fourth-order valence-electron chi connectivity index (χ4n) is 1.74. The first-order chi connectivity index (χ1) is 7.88. The highest BCUT2D eigenvalue weighted by molar-refractivity contribution is 5.63. The van der Waals surface area contributed by atoms with Crippen LogP contribution in [-0.2, 0) is 0 Å². The van der Waals surface area contributed by atoms with E-state index in [1.165, 1.54) is 0 Å². The highest BCUT2D eigenvalue weighted by Crippen LogP contribution is 2.21. The SMILES string of the molecule is CNc1ccn2c(-c3ccco3)ncc2c1. The van der Waals surface area contributed by atoms with Crippen molar-refractivity contribution in [1.82, 2.24) is 9.38 Å². The summed E-state index contributed by atoms with van der Waals surface area (Å²) < 4.78 is 7.34. The Morgan fingerprint density at radius 1 is 1.38 bits per heavy atom. The monoisotopic (exact) mass is 213 g/mol. The third-order valence-electron chi connectivity index (χ3n) is 2.56. The van der Waals surface area contributed by atoms with E-state index >= 15 is 0 Å². The van der Waals surface area contributed by atoms with Gasteiger partial charge in [0.15, 0.2) is 11.6 Å². The molecule has 4 nitrogen and oxygen atoms in total. The van der Waals surface area contributed by atoms with Crippen LogP contribution < -0.4 is 5.32 Å². The number of rotatable bonds is 2. The van der Waals surface area contributed by atoms with E-state index in [9.17, 15) is 0 Å². The lowest BCUT2D eigenvalue weighted by atomic mass is 10.3. The lowest BCUT2D eigenvalue weighted by Gasteiger charge is -2.01. The predicted octanol–water partition coefficient (Wildman–Crippen LogP) is 2.64. The number of imidazole rings is 1. The minimum atomic E-state index is 0.775. The van der Waals surface area contributed by atoms with Gasteiger partial charge in [0.1, 0.15) is 0 Å². The summed E-state index contributed by atoms with van der Waals surface area (Å²) >= 11 is 0. The largest absolute Gasteiger partial charge is 0.461 e. The van der Waals surface area contributed by atoms with Crippen molar-refractivity contribution in [3.05, 3.63) is 42.9 Å². The van der Waals surface area contributed by atoms with E-state index in [4.69, 9.17) is 4.42 Å².